The highest BCUT2D eigenvalue weighted by atomic mass is 19.1. The highest BCUT2D eigenvalue weighted by Gasteiger charge is 2.46. The van der Waals surface area contributed by atoms with Gasteiger partial charge < -0.3 is 11.5 Å². The summed E-state index contributed by atoms with van der Waals surface area (Å²) in [6.45, 7) is 0. The van der Waals surface area contributed by atoms with Gasteiger partial charge in [0.05, 0.1) is 11.6 Å². The molecule has 0 spiro atoms. The first-order valence-electron chi connectivity index (χ1n) is 4.24. The molecule has 2 aliphatic carbocycles. The molecule has 0 amide bonds. The number of nitrogens with two attached hydrogens (primary N) is 2. The summed E-state index contributed by atoms with van der Waals surface area (Å²) in [5, 5.41) is 0. The van der Waals surface area contributed by atoms with E-state index in [0.717, 1.165) is 12.8 Å². The summed E-state index contributed by atoms with van der Waals surface area (Å²) in [5.41, 5.74) is 11.1. The Morgan fingerprint density at radius 1 is 1.50 bits per heavy atom. The summed E-state index contributed by atoms with van der Waals surface area (Å²) in [7, 11) is 0. The number of rotatable bonds is 1. The summed E-state index contributed by atoms with van der Waals surface area (Å²) in [6, 6.07) is -0.644. The fourth-order valence-electron chi connectivity index (χ4n) is 1.73. The lowest BCUT2D eigenvalue weighted by molar-refractivity contribution is 0.357. The van der Waals surface area contributed by atoms with Crippen molar-refractivity contribution in [3.05, 3.63) is 24.1 Å². The zero-order valence-corrected chi connectivity index (χ0v) is 6.83. The Balaban J connectivity index is 2.26. The average molecular weight is 168 g/mol. The first kappa shape index (κ1) is 7.95. The summed E-state index contributed by atoms with van der Waals surface area (Å²) in [6.07, 6.45) is 7.03. The van der Waals surface area contributed by atoms with E-state index in [0.29, 0.717) is 5.92 Å². The summed E-state index contributed by atoms with van der Waals surface area (Å²) in [5.74, 6) is 0.0788. The number of hydrogen-bond donors (Lipinski definition) is 2. The SMILES string of the molecule is NC1C(F)=CC=CC1(N)C1CC1. The molecule has 12 heavy (non-hydrogen) atoms. The standard InChI is InChI=1S/C9H13FN2/c10-7-2-1-5-9(12,8(7)11)6-3-4-6/h1-2,5-6,8H,3-4,11-12H2. The van der Waals surface area contributed by atoms with Crippen molar-refractivity contribution < 1.29 is 4.39 Å². The van der Waals surface area contributed by atoms with E-state index in [4.69, 9.17) is 11.5 Å². The molecule has 0 aromatic rings. The zero-order chi connectivity index (χ0) is 8.77. The van der Waals surface area contributed by atoms with Gasteiger partial charge in [-0.05, 0) is 24.8 Å². The van der Waals surface area contributed by atoms with Gasteiger partial charge in [0.1, 0.15) is 5.83 Å². The normalized spacial score (nSPS) is 41.2. The van der Waals surface area contributed by atoms with Crippen LogP contribution in [-0.4, -0.2) is 11.6 Å². The lowest BCUT2D eigenvalue weighted by atomic mass is 9.82. The molecule has 0 bridgehead atoms. The van der Waals surface area contributed by atoms with E-state index >= 15 is 0 Å². The zero-order valence-electron chi connectivity index (χ0n) is 6.83. The van der Waals surface area contributed by atoms with E-state index in [1.165, 1.54) is 6.08 Å². The van der Waals surface area contributed by atoms with Gasteiger partial charge in [-0.2, -0.15) is 0 Å². The van der Waals surface area contributed by atoms with Crippen LogP contribution in [0.15, 0.2) is 24.1 Å². The van der Waals surface area contributed by atoms with Crippen LogP contribution < -0.4 is 11.5 Å². The number of allylic oxidation sites excluding steroid dienone is 2. The lowest BCUT2D eigenvalue weighted by Crippen LogP contribution is -2.56. The van der Waals surface area contributed by atoms with Gasteiger partial charge in [-0.1, -0.05) is 12.2 Å². The molecule has 4 N–H and O–H groups in total. The molecular weight excluding hydrogens is 155 g/mol. The molecule has 0 aromatic carbocycles. The number of hydrogen-bond acceptors (Lipinski definition) is 2. The predicted octanol–water partition coefficient (Wildman–Crippen LogP) is 0.844. The molecule has 1 saturated carbocycles. The van der Waals surface area contributed by atoms with Crippen molar-refractivity contribution in [3.63, 3.8) is 0 Å². The van der Waals surface area contributed by atoms with Gasteiger partial charge in [-0.15, -0.1) is 0 Å². The van der Waals surface area contributed by atoms with Gasteiger partial charge in [0.2, 0.25) is 0 Å². The monoisotopic (exact) mass is 168 g/mol. The largest absolute Gasteiger partial charge is 0.320 e. The Morgan fingerprint density at radius 2 is 2.17 bits per heavy atom. The molecule has 2 atom stereocenters. The van der Waals surface area contributed by atoms with Crippen molar-refractivity contribution in [1.29, 1.82) is 0 Å². The van der Waals surface area contributed by atoms with Crippen LogP contribution in [0.3, 0.4) is 0 Å². The third-order valence-electron chi connectivity index (χ3n) is 2.76. The second kappa shape index (κ2) is 2.41. The van der Waals surface area contributed by atoms with E-state index in [1.807, 2.05) is 6.08 Å². The fourth-order valence-corrected chi connectivity index (χ4v) is 1.73. The van der Waals surface area contributed by atoms with Crippen molar-refractivity contribution >= 4 is 0 Å². The van der Waals surface area contributed by atoms with Crippen molar-refractivity contribution in [2.45, 2.75) is 24.4 Å². The van der Waals surface area contributed by atoms with Gasteiger partial charge in [-0.25, -0.2) is 4.39 Å². The van der Waals surface area contributed by atoms with Gasteiger partial charge in [0.15, 0.2) is 0 Å². The Labute approximate surface area is 71.1 Å². The molecule has 2 aliphatic rings. The molecule has 2 nitrogen and oxygen atoms in total. The Kier molecular flexibility index (Phi) is 1.59. The van der Waals surface area contributed by atoms with Crippen molar-refractivity contribution in [2.75, 3.05) is 0 Å². The molecule has 0 aromatic heterocycles. The van der Waals surface area contributed by atoms with Crippen LogP contribution in [0.25, 0.3) is 0 Å². The molecule has 0 heterocycles. The predicted molar refractivity (Wildman–Crippen MR) is 45.9 cm³/mol. The molecule has 1 fully saturated rings. The van der Waals surface area contributed by atoms with Gasteiger partial charge in [0, 0.05) is 0 Å². The molecule has 0 aliphatic heterocycles. The topological polar surface area (TPSA) is 52.0 Å². The van der Waals surface area contributed by atoms with E-state index in [-0.39, 0.29) is 5.83 Å². The summed E-state index contributed by atoms with van der Waals surface area (Å²) < 4.78 is 13.1. The van der Waals surface area contributed by atoms with E-state index in [9.17, 15) is 4.39 Å². The van der Waals surface area contributed by atoms with Crippen LogP contribution in [0.2, 0.25) is 0 Å². The van der Waals surface area contributed by atoms with E-state index in [2.05, 4.69) is 0 Å². The first-order chi connectivity index (χ1) is 5.64. The van der Waals surface area contributed by atoms with Crippen LogP contribution in [0.1, 0.15) is 12.8 Å². The summed E-state index contributed by atoms with van der Waals surface area (Å²) in [4.78, 5) is 0. The van der Waals surface area contributed by atoms with E-state index < -0.39 is 11.6 Å². The van der Waals surface area contributed by atoms with Crippen LogP contribution in [0.5, 0.6) is 0 Å². The summed E-state index contributed by atoms with van der Waals surface area (Å²) >= 11 is 0. The molecule has 66 valence electrons. The Bertz CT molecular complexity index is 255. The van der Waals surface area contributed by atoms with Crippen molar-refractivity contribution in [2.24, 2.45) is 17.4 Å². The van der Waals surface area contributed by atoms with Gasteiger partial charge in [0.25, 0.3) is 0 Å². The Morgan fingerprint density at radius 3 is 2.75 bits per heavy atom. The van der Waals surface area contributed by atoms with Crippen LogP contribution in [-0.2, 0) is 0 Å². The van der Waals surface area contributed by atoms with Crippen molar-refractivity contribution in [1.82, 2.24) is 0 Å². The molecule has 3 heteroatoms. The lowest BCUT2D eigenvalue weighted by Gasteiger charge is -2.33. The van der Waals surface area contributed by atoms with Crippen molar-refractivity contribution in [3.8, 4) is 0 Å². The highest BCUT2D eigenvalue weighted by molar-refractivity contribution is 5.32. The smallest absolute Gasteiger partial charge is 0.119 e. The quantitative estimate of drug-likeness (QED) is 0.609. The molecule has 2 unspecified atom stereocenters. The minimum Gasteiger partial charge on any atom is -0.320 e. The fraction of sp³-hybridized carbons (Fsp3) is 0.556. The second-order valence-electron chi connectivity index (χ2n) is 3.66. The van der Waals surface area contributed by atoms with Gasteiger partial charge >= 0.3 is 0 Å². The van der Waals surface area contributed by atoms with Gasteiger partial charge in [-0.3, -0.25) is 0 Å². The second-order valence-corrected chi connectivity index (χ2v) is 3.66. The number of halogens is 1. The van der Waals surface area contributed by atoms with E-state index in [1.54, 1.807) is 6.08 Å². The molecule has 0 saturated heterocycles. The first-order valence-corrected chi connectivity index (χ1v) is 4.24. The maximum absolute atomic E-state index is 13.1. The third-order valence-corrected chi connectivity index (χ3v) is 2.76. The van der Waals surface area contributed by atoms with Crippen LogP contribution in [0.4, 0.5) is 4.39 Å². The molecule has 2 rings (SSSR count). The minimum atomic E-state index is -0.644. The highest BCUT2D eigenvalue weighted by Crippen LogP contribution is 2.42. The average Bonchev–Trinajstić information content (AvgIpc) is 2.82. The molecular formula is C9H13FN2. The van der Waals surface area contributed by atoms with Crippen LogP contribution in [0, 0.1) is 5.92 Å². The maximum atomic E-state index is 13.1. The molecule has 0 radical (unpaired) electrons. The van der Waals surface area contributed by atoms with Crippen LogP contribution >= 0.6 is 0 Å². The maximum Gasteiger partial charge on any atom is 0.119 e. The minimum absolute atomic E-state index is 0.299. The Hall–Kier alpha value is -0.670. The third kappa shape index (κ3) is 1.01.